The summed E-state index contributed by atoms with van der Waals surface area (Å²) in [6.07, 6.45) is 5.75. The number of thiophene rings is 1. The van der Waals surface area contributed by atoms with E-state index < -0.39 is 6.04 Å². The second-order valence-corrected chi connectivity index (χ2v) is 11.7. The highest BCUT2D eigenvalue weighted by atomic mass is 32.1. The molecule has 0 aliphatic carbocycles. The normalized spacial score (nSPS) is 15.5. The van der Waals surface area contributed by atoms with Crippen LogP contribution in [0.25, 0.3) is 20.5 Å². The topological polar surface area (TPSA) is 67.2 Å². The highest BCUT2D eigenvalue weighted by Crippen LogP contribution is 2.35. The molecule has 1 N–H and O–H groups in total. The van der Waals surface area contributed by atoms with Crippen LogP contribution in [0.3, 0.4) is 0 Å². The molecule has 2 aromatic carbocycles. The number of likely N-dealkylation sites (tertiary alicyclic amines) is 1. The summed E-state index contributed by atoms with van der Waals surface area (Å²) in [5, 5.41) is 5.80. The maximum Gasteiger partial charge on any atom is 0.260 e. The summed E-state index contributed by atoms with van der Waals surface area (Å²) in [4.78, 5) is 34.8. The predicted molar refractivity (Wildman–Crippen MR) is 156 cm³/mol. The van der Waals surface area contributed by atoms with Gasteiger partial charge in [0.15, 0.2) is 5.13 Å². The lowest BCUT2D eigenvalue weighted by Gasteiger charge is -2.29. The van der Waals surface area contributed by atoms with Gasteiger partial charge in [0, 0.05) is 27.4 Å². The van der Waals surface area contributed by atoms with Crippen molar-refractivity contribution < 1.29 is 4.79 Å². The quantitative estimate of drug-likeness (QED) is 0.278. The molecule has 0 spiro atoms. The second kappa shape index (κ2) is 10.6. The third kappa shape index (κ3) is 4.95. The van der Waals surface area contributed by atoms with Gasteiger partial charge in [-0.1, -0.05) is 54.6 Å². The minimum Gasteiger partial charge on any atom is -0.306 e. The highest BCUT2D eigenvalue weighted by Gasteiger charge is 2.25. The van der Waals surface area contributed by atoms with E-state index in [0.717, 1.165) is 33.8 Å². The molecule has 0 bridgehead atoms. The molecule has 1 atom stereocenters. The Hall–Kier alpha value is -3.59. The van der Waals surface area contributed by atoms with E-state index in [0.29, 0.717) is 16.4 Å². The highest BCUT2D eigenvalue weighted by molar-refractivity contribution is 7.22. The summed E-state index contributed by atoms with van der Waals surface area (Å²) in [5.74, 6) is 0.313. The number of hydrogen-bond donors (Lipinski definition) is 1. The SMILES string of the molecule is CN1CCC(c2ccc(-c3cc4c(=O)n(C(C(=O)Nc5nccs5)c5ccccc5)ccc4s3)cc2)CC1. The maximum absolute atomic E-state index is 13.8. The fraction of sp³-hybridized carbons (Fsp3) is 0.233. The van der Waals surface area contributed by atoms with E-state index in [1.165, 1.54) is 34.3 Å². The van der Waals surface area contributed by atoms with Crippen LogP contribution in [0.4, 0.5) is 5.13 Å². The number of carbonyl (C=O) groups is 1. The lowest BCUT2D eigenvalue weighted by atomic mass is 9.89. The van der Waals surface area contributed by atoms with Gasteiger partial charge in [-0.3, -0.25) is 19.5 Å². The second-order valence-electron chi connectivity index (χ2n) is 9.76. The molecule has 5 aromatic rings. The lowest BCUT2D eigenvalue weighted by Crippen LogP contribution is -2.33. The van der Waals surface area contributed by atoms with E-state index in [1.807, 2.05) is 42.5 Å². The molecule has 4 heterocycles. The minimum absolute atomic E-state index is 0.184. The van der Waals surface area contributed by atoms with Crippen molar-refractivity contribution in [1.29, 1.82) is 0 Å². The first-order chi connectivity index (χ1) is 18.6. The molecular weight excluding hydrogens is 512 g/mol. The van der Waals surface area contributed by atoms with Crippen molar-refractivity contribution in [3.63, 3.8) is 0 Å². The van der Waals surface area contributed by atoms with Gasteiger partial charge >= 0.3 is 0 Å². The van der Waals surface area contributed by atoms with E-state index in [2.05, 4.69) is 46.5 Å². The molecule has 1 unspecified atom stereocenters. The van der Waals surface area contributed by atoms with Gasteiger partial charge in [-0.15, -0.1) is 22.7 Å². The van der Waals surface area contributed by atoms with Crippen molar-refractivity contribution >= 4 is 43.8 Å². The molecule has 1 fully saturated rings. The van der Waals surface area contributed by atoms with Crippen LogP contribution >= 0.6 is 22.7 Å². The fourth-order valence-electron chi connectivity index (χ4n) is 5.19. The number of benzene rings is 2. The van der Waals surface area contributed by atoms with Gasteiger partial charge in [0.05, 0.1) is 5.39 Å². The van der Waals surface area contributed by atoms with E-state index in [9.17, 15) is 9.59 Å². The summed E-state index contributed by atoms with van der Waals surface area (Å²) < 4.78 is 2.44. The minimum atomic E-state index is -0.811. The molecule has 6 nitrogen and oxygen atoms in total. The lowest BCUT2D eigenvalue weighted by molar-refractivity contribution is -0.118. The molecule has 1 amide bonds. The number of nitrogens with zero attached hydrogens (tertiary/aromatic N) is 3. The number of pyridine rings is 1. The summed E-state index contributed by atoms with van der Waals surface area (Å²) in [7, 11) is 2.18. The summed E-state index contributed by atoms with van der Waals surface area (Å²) in [5.41, 5.74) is 3.05. The molecular formula is C30H28N4O2S2. The Morgan fingerprint density at radius 1 is 1.05 bits per heavy atom. The number of thiazole rings is 1. The molecule has 0 radical (unpaired) electrons. The molecule has 1 aliphatic heterocycles. The number of fused-ring (bicyclic) bond motifs is 1. The average Bonchev–Trinajstić information content (AvgIpc) is 3.62. The summed E-state index contributed by atoms with van der Waals surface area (Å²) in [6, 6.07) is 21.3. The first kappa shape index (κ1) is 24.7. The Kier molecular flexibility index (Phi) is 6.93. The Balaban J connectivity index is 1.33. The van der Waals surface area contributed by atoms with Crippen molar-refractivity contribution in [2.24, 2.45) is 0 Å². The zero-order valence-electron chi connectivity index (χ0n) is 21.0. The standard InChI is InChI=1S/C30H28N4O2S2/c1-33-15-11-21(12-16-33)20-7-9-22(10-8-20)26-19-24-25(38-26)13-17-34(29(24)36)27(23-5-3-2-4-6-23)28(35)32-30-31-14-18-37-30/h2-10,13-14,17-19,21,27H,11-12,15-16H2,1H3,(H,31,32,35). The van der Waals surface area contributed by atoms with Gasteiger partial charge < -0.3 is 4.90 Å². The molecule has 38 heavy (non-hydrogen) atoms. The molecule has 3 aromatic heterocycles. The van der Waals surface area contributed by atoms with Crippen LogP contribution in [-0.2, 0) is 4.79 Å². The Morgan fingerprint density at radius 3 is 2.53 bits per heavy atom. The van der Waals surface area contributed by atoms with Crippen LogP contribution in [0.2, 0.25) is 0 Å². The summed E-state index contributed by atoms with van der Waals surface area (Å²) in [6.45, 7) is 2.28. The molecule has 192 valence electrons. The monoisotopic (exact) mass is 540 g/mol. The zero-order chi connectivity index (χ0) is 26.1. The van der Waals surface area contributed by atoms with Crippen molar-refractivity contribution in [2.75, 3.05) is 25.5 Å². The van der Waals surface area contributed by atoms with E-state index in [4.69, 9.17) is 0 Å². The van der Waals surface area contributed by atoms with Crippen LogP contribution < -0.4 is 10.9 Å². The van der Waals surface area contributed by atoms with Crippen molar-refractivity contribution in [2.45, 2.75) is 24.8 Å². The average molecular weight is 541 g/mol. The third-order valence-electron chi connectivity index (χ3n) is 7.30. The smallest absolute Gasteiger partial charge is 0.260 e. The number of anilines is 1. The van der Waals surface area contributed by atoms with Gasteiger partial charge in [0.25, 0.3) is 11.5 Å². The Labute approximate surface area is 229 Å². The molecule has 1 aliphatic rings. The van der Waals surface area contributed by atoms with Crippen molar-refractivity contribution in [3.8, 4) is 10.4 Å². The number of carbonyl (C=O) groups excluding carboxylic acids is 1. The van der Waals surface area contributed by atoms with Crippen LogP contribution in [-0.4, -0.2) is 40.5 Å². The number of aromatic nitrogens is 2. The largest absolute Gasteiger partial charge is 0.306 e. The van der Waals surface area contributed by atoms with E-state index in [-0.39, 0.29) is 11.5 Å². The van der Waals surface area contributed by atoms with Crippen LogP contribution in [0.5, 0.6) is 0 Å². The van der Waals surface area contributed by atoms with Crippen molar-refractivity contribution in [3.05, 3.63) is 106 Å². The molecule has 1 saturated heterocycles. The van der Waals surface area contributed by atoms with E-state index >= 15 is 0 Å². The van der Waals surface area contributed by atoms with Gasteiger partial charge in [0.2, 0.25) is 0 Å². The van der Waals surface area contributed by atoms with Gasteiger partial charge in [-0.2, -0.15) is 0 Å². The van der Waals surface area contributed by atoms with Gasteiger partial charge in [0.1, 0.15) is 6.04 Å². The first-order valence-electron chi connectivity index (χ1n) is 12.8. The third-order valence-corrected chi connectivity index (χ3v) is 9.14. The molecule has 0 saturated carbocycles. The number of rotatable bonds is 6. The van der Waals surface area contributed by atoms with Crippen LogP contribution in [0.1, 0.15) is 35.9 Å². The predicted octanol–water partition coefficient (Wildman–Crippen LogP) is 6.22. The van der Waals surface area contributed by atoms with Crippen LogP contribution in [0.15, 0.2) is 89.3 Å². The number of hydrogen-bond acceptors (Lipinski definition) is 6. The zero-order valence-corrected chi connectivity index (χ0v) is 22.7. The van der Waals surface area contributed by atoms with Crippen LogP contribution in [0, 0.1) is 0 Å². The Morgan fingerprint density at radius 2 is 1.82 bits per heavy atom. The van der Waals surface area contributed by atoms with Gasteiger partial charge in [-0.25, -0.2) is 4.98 Å². The molecule has 6 rings (SSSR count). The molecule has 8 heteroatoms. The summed E-state index contributed by atoms with van der Waals surface area (Å²) >= 11 is 2.95. The van der Waals surface area contributed by atoms with Gasteiger partial charge in [-0.05, 0) is 67.7 Å². The van der Waals surface area contributed by atoms with Crippen molar-refractivity contribution in [1.82, 2.24) is 14.5 Å². The first-order valence-corrected chi connectivity index (χ1v) is 14.5. The Bertz CT molecular complexity index is 1600. The number of piperidine rings is 1. The van der Waals surface area contributed by atoms with E-state index in [1.54, 1.807) is 29.1 Å². The number of nitrogens with one attached hydrogen (secondary N) is 1. The fourth-order valence-corrected chi connectivity index (χ4v) is 6.78. The maximum atomic E-state index is 13.8. The number of amides is 1.